The van der Waals surface area contributed by atoms with Crippen molar-refractivity contribution < 1.29 is 0 Å². The van der Waals surface area contributed by atoms with Gasteiger partial charge in [-0.2, -0.15) is 0 Å². The lowest BCUT2D eigenvalue weighted by Gasteiger charge is -2.22. The Labute approximate surface area is 84.2 Å². The summed E-state index contributed by atoms with van der Waals surface area (Å²) >= 11 is 1.57. The Morgan fingerprint density at radius 3 is 2.23 bits per heavy atom. The molecule has 0 atom stereocenters. The summed E-state index contributed by atoms with van der Waals surface area (Å²) in [6, 6.07) is 0. The topological polar surface area (TPSA) is 25.8 Å². The average Bonchev–Trinajstić information content (AvgIpc) is 2.18. The van der Waals surface area contributed by atoms with Gasteiger partial charge in [-0.25, -0.2) is 9.97 Å². The second kappa shape index (κ2) is 4.09. The molecule has 2 nitrogen and oxygen atoms in total. The second-order valence-electron chi connectivity index (χ2n) is 3.70. The average molecular weight is 196 g/mol. The van der Waals surface area contributed by atoms with Gasteiger partial charge in [0.1, 0.15) is 0 Å². The van der Waals surface area contributed by atoms with Crippen molar-refractivity contribution in [1.29, 1.82) is 0 Å². The van der Waals surface area contributed by atoms with Crippen LogP contribution in [0, 0.1) is 0 Å². The van der Waals surface area contributed by atoms with Crippen LogP contribution in [0.15, 0.2) is 17.6 Å². The Kier molecular flexibility index (Phi) is 3.31. The number of hydrogen-bond acceptors (Lipinski definition) is 3. The lowest BCUT2D eigenvalue weighted by molar-refractivity contribution is 0.500. The van der Waals surface area contributed by atoms with E-state index in [2.05, 4.69) is 30.7 Å². The summed E-state index contributed by atoms with van der Waals surface area (Å²) in [6.07, 6.45) is 6.96. The summed E-state index contributed by atoms with van der Waals surface area (Å²) in [5.41, 5.74) is 1.41. The van der Waals surface area contributed by atoms with Gasteiger partial charge in [0.05, 0.1) is 0 Å². The van der Waals surface area contributed by atoms with E-state index in [0.717, 1.165) is 11.6 Å². The van der Waals surface area contributed by atoms with Crippen LogP contribution in [0.2, 0.25) is 0 Å². The maximum absolute atomic E-state index is 4.26. The quantitative estimate of drug-likeness (QED) is 0.549. The molecule has 72 valence electrons. The number of aromatic nitrogens is 2. The molecular weight excluding hydrogens is 180 g/mol. The summed E-state index contributed by atoms with van der Waals surface area (Å²) in [4.78, 5) is 8.53. The highest BCUT2D eigenvalue weighted by Gasteiger charge is 2.18. The Morgan fingerprint density at radius 2 is 1.85 bits per heavy atom. The molecule has 0 spiro atoms. The molecule has 0 aliphatic carbocycles. The molecule has 0 saturated carbocycles. The van der Waals surface area contributed by atoms with E-state index in [1.165, 1.54) is 5.56 Å². The predicted molar refractivity (Wildman–Crippen MR) is 57.1 cm³/mol. The van der Waals surface area contributed by atoms with Crippen LogP contribution in [0.25, 0.3) is 0 Å². The highest BCUT2D eigenvalue weighted by molar-refractivity contribution is 7.98. The summed E-state index contributed by atoms with van der Waals surface area (Å²) in [5.74, 6) is 0. The smallest absolute Gasteiger partial charge is 0.187 e. The van der Waals surface area contributed by atoms with Crippen LogP contribution in [0.1, 0.15) is 32.8 Å². The van der Waals surface area contributed by atoms with Gasteiger partial charge in [-0.3, -0.25) is 0 Å². The van der Waals surface area contributed by atoms with Crippen LogP contribution in [0.5, 0.6) is 0 Å². The molecule has 0 aliphatic rings. The van der Waals surface area contributed by atoms with E-state index < -0.39 is 0 Å². The molecule has 1 rings (SSSR count). The first kappa shape index (κ1) is 10.5. The van der Waals surface area contributed by atoms with Crippen molar-refractivity contribution in [2.75, 3.05) is 6.26 Å². The minimum absolute atomic E-state index is 0.191. The number of nitrogens with zero attached hydrogens (tertiary/aromatic N) is 2. The van der Waals surface area contributed by atoms with Crippen molar-refractivity contribution in [2.24, 2.45) is 0 Å². The maximum atomic E-state index is 4.26. The third-order valence-corrected chi connectivity index (χ3v) is 3.05. The van der Waals surface area contributed by atoms with Gasteiger partial charge >= 0.3 is 0 Å². The third-order valence-electron chi connectivity index (χ3n) is 2.48. The van der Waals surface area contributed by atoms with E-state index in [1.54, 1.807) is 11.8 Å². The van der Waals surface area contributed by atoms with Gasteiger partial charge in [-0.1, -0.05) is 32.5 Å². The van der Waals surface area contributed by atoms with Gasteiger partial charge in [0.15, 0.2) is 5.16 Å². The predicted octanol–water partition coefficient (Wildman–Crippen LogP) is 2.89. The van der Waals surface area contributed by atoms with Gasteiger partial charge in [0.2, 0.25) is 0 Å². The largest absolute Gasteiger partial charge is 0.231 e. The van der Waals surface area contributed by atoms with Gasteiger partial charge in [-0.05, 0) is 23.7 Å². The summed E-state index contributed by atoms with van der Waals surface area (Å²) in [6.45, 7) is 6.61. The molecule has 0 N–H and O–H groups in total. The lowest BCUT2D eigenvalue weighted by Crippen LogP contribution is -2.16. The van der Waals surface area contributed by atoms with E-state index in [0.29, 0.717) is 0 Å². The summed E-state index contributed by atoms with van der Waals surface area (Å²) in [5, 5.41) is 0.843. The zero-order valence-corrected chi connectivity index (χ0v) is 9.48. The molecule has 1 aromatic rings. The van der Waals surface area contributed by atoms with Crippen LogP contribution in [0.3, 0.4) is 0 Å². The molecule has 0 unspecified atom stereocenters. The molecule has 3 heteroatoms. The van der Waals surface area contributed by atoms with Crippen molar-refractivity contribution in [3.05, 3.63) is 18.0 Å². The molecule has 1 aromatic heterocycles. The van der Waals surface area contributed by atoms with Crippen molar-refractivity contribution in [2.45, 2.75) is 37.8 Å². The van der Waals surface area contributed by atoms with Gasteiger partial charge in [-0.15, -0.1) is 0 Å². The molecule has 0 bridgehead atoms. The van der Waals surface area contributed by atoms with Crippen LogP contribution in [-0.2, 0) is 5.41 Å². The summed E-state index contributed by atoms with van der Waals surface area (Å²) < 4.78 is 0. The minimum Gasteiger partial charge on any atom is -0.231 e. The van der Waals surface area contributed by atoms with Gasteiger partial charge < -0.3 is 0 Å². The van der Waals surface area contributed by atoms with Crippen molar-refractivity contribution in [1.82, 2.24) is 9.97 Å². The van der Waals surface area contributed by atoms with E-state index in [9.17, 15) is 0 Å². The minimum atomic E-state index is 0.191. The fraction of sp³-hybridized carbons (Fsp3) is 0.600. The van der Waals surface area contributed by atoms with Gasteiger partial charge in [0, 0.05) is 12.4 Å². The molecule has 13 heavy (non-hydrogen) atoms. The first-order valence-electron chi connectivity index (χ1n) is 4.46. The van der Waals surface area contributed by atoms with E-state index in [1.807, 2.05) is 18.6 Å². The Morgan fingerprint density at radius 1 is 1.31 bits per heavy atom. The monoisotopic (exact) mass is 196 g/mol. The van der Waals surface area contributed by atoms with Crippen LogP contribution in [-0.4, -0.2) is 16.2 Å². The SMILES string of the molecule is CCC(C)(C)c1cnc(SC)nc1. The highest BCUT2D eigenvalue weighted by atomic mass is 32.2. The fourth-order valence-electron chi connectivity index (χ4n) is 0.975. The molecule has 0 aromatic carbocycles. The van der Waals surface area contributed by atoms with E-state index in [4.69, 9.17) is 0 Å². The first-order chi connectivity index (χ1) is 6.10. The van der Waals surface area contributed by atoms with Crippen molar-refractivity contribution in [3.63, 3.8) is 0 Å². The van der Waals surface area contributed by atoms with E-state index in [-0.39, 0.29) is 5.41 Å². The number of rotatable bonds is 3. The fourth-order valence-corrected chi connectivity index (χ4v) is 1.29. The molecule has 0 aliphatic heterocycles. The summed E-state index contributed by atoms with van der Waals surface area (Å²) in [7, 11) is 0. The Bertz CT molecular complexity index is 267. The normalized spacial score (nSPS) is 11.7. The zero-order chi connectivity index (χ0) is 9.90. The van der Waals surface area contributed by atoms with Crippen LogP contribution < -0.4 is 0 Å². The highest BCUT2D eigenvalue weighted by Crippen LogP contribution is 2.25. The number of thioether (sulfide) groups is 1. The lowest BCUT2D eigenvalue weighted by atomic mass is 9.84. The Hall–Kier alpha value is -0.570. The molecule has 0 radical (unpaired) electrons. The zero-order valence-electron chi connectivity index (χ0n) is 8.66. The van der Waals surface area contributed by atoms with Crippen molar-refractivity contribution >= 4 is 11.8 Å². The molecular formula is C10H16N2S. The molecule has 1 heterocycles. The van der Waals surface area contributed by atoms with Crippen LogP contribution in [0.4, 0.5) is 0 Å². The maximum Gasteiger partial charge on any atom is 0.187 e. The second-order valence-corrected chi connectivity index (χ2v) is 4.47. The van der Waals surface area contributed by atoms with Gasteiger partial charge in [0.25, 0.3) is 0 Å². The van der Waals surface area contributed by atoms with Crippen LogP contribution >= 0.6 is 11.8 Å². The molecule has 0 saturated heterocycles. The standard InChI is InChI=1S/C10H16N2S/c1-5-10(2,3)8-6-11-9(13-4)12-7-8/h6-7H,5H2,1-4H3. The first-order valence-corrected chi connectivity index (χ1v) is 5.69. The van der Waals surface area contributed by atoms with E-state index >= 15 is 0 Å². The third kappa shape index (κ3) is 2.44. The molecule has 0 fully saturated rings. The Balaban J connectivity index is 2.92. The van der Waals surface area contributed by atoms with Crippen molar-refractivity contribution in [3.8, 4) is 0 Å². The molecule has 0 amide bonds. The number of hydrogen-bond donors (Lipinski definition) is 0.